The van der Waals surface area contributed by atoms with Crippen LogP contribution in [-0.2, 0) is 11.8 Å². The third kappa shape index (κ3) is 3.33. The van der Waals surface area contributed by atoms with E-state index in [1.165, 1.54) is 6.42 Å². The van der Waals surface area contributed by atoms with Gasteiger partial charge in [-0.25, -0.2) is 4.98 Å². The molecule has 3 heterocycles. The Bertz CT molecular complexity index is 821. The van der Waals surface area contributed by atoms with E-state index in [9.17, 15) is 0 Å². The molecule has 0 aromatic carbocycles. The highest BCUT2D eigenvalue weighted by Gasteiger charge is 2.39. The average molecular weight is 339 g/mol. The number of rotatable bonds is 5. The van der Waals surface area contributed by atoms with Crippen molar-refractivity contribution in [1.82, 2.24) is 25.4 Å². The van der Waals surface area contributed by atoms with Gasteiger partial charge in [0, 0.05) is 18.2 Å². The smallest absolute Gasteiger partial charge is 0.312 e. The number of hydrogen-bond donors (Lipinski definition) is 3. The van der Waals surface area contributed by atoms with Gasteiger partial charge >= 0.3 is 6.01 Å². The summed E-state index contributed by atoms with van der Waals surface area (Å²) in [5, 5.41) is 18.1. The molecule has 3 aromatic heterocycles. The predicted octanol–water partition coefficient (Wildman–Crippen LogP) is 2.96. The fourth-order valence-electron chi connectivity index (χ4n) is 3.60. The molecule has 1 aliphatic carbocycles. The number of anilines is 3. The number of pyridine rings is 1. The Morgan fingerprint density at radius 3 is 2.76 bits per heavy atom. The third-order valence-corrected chi connectivity index (χ3v) is 4.79. The monoisotopic (exact) mass is 339 g/mol. The molecule has 8 heteroatoms. The summed E-state index contributed by atoms with van der Waals surface area (Å²) in [6, 6.07) is 7.96. The van der Waals surface area contributed by atoms with E-state index >= 15 is 0 Å². The topological polar surface area (TPSA) is 119 Å². The molecule has 4 N–H and O–H groups in total. The lowest BCUT2D eigenvalue weighted by molar-refractivity contribution is 0.233. The van der Waals surface area contributed by atoms with Crippen molar-refractivity contribution in [3.63, 3.8) is 0 Å². The van der Waals surface area contributed by atoms with E-state index in [4.69, 9.17) is 15.1 Å². The molecule has 1 saturated carbocycles. The molecule has 8 nitrogen and oxygen atoms in total. The van der Waals surface area contributed by atoms with E-state index in [-0.39, 0.29) is 11.4 Å². The fourth-order valence-corrected chi connectivity index (χ4v) is 3.60. The van der Waals surface area contributed by atoms with Gasteiger partial charge in [0.25, 0.3) is 0 Å². The maximum Gasteiger partial charge on any atom is 0.312 e. The standard InChI is InChI=1S/C17H21N7O/c18-16-24-23-15(25-16)17(8-2-1-3-9-17)11-12-5-4-6-13(20-12)21-14-7-10-19-22-14/h4-7,10H,1-3,8-9,11H2,(H2,18,24)(H2,19,20,21,22). The average Bonchev–Trinajstić information content (AvgIpc) is 3.28. The lowest BCUT2D eigenvalue weighted by Gasteiger charge is -2.33. The van der Waals surface area contributed by atoms with Gasteiger partial charge in [-0.2, -0.15) is 5.10 Å². The molecule has 25 heavy (non-hydrogen) atoms. The van der Waals surface area contributed by atoms with Crippen LogP contribution < -0.4 is 11.1 Å². The number of aromatic amines is 1. The van der Waals surface area contributed by atoms with Gasteiger partial charge in [0.05, 0.1) is 11.6 Å². The summed E-state index contributed by atoms with van der Waals surface area (Å²) in [6.07, 6.45) is 8.00. The maximum atomic E-state index is 5.66. The van der Waals surface area contributed by atoms with Crippen LogP contribution in [-0.4, -0.2) is 25.4 Å². The second kappa shape index (κ2) is 6.54. The number of aromatic nitrogens is 5. The van der Waals surface area contributed by atoms with E-state index < -0.39 is 0 Å². The normalized spacial score (nSPS) is 16.6. The summed E-state index contributed by atoms with van der Waals surface area (Å²) < 4.78 is 5.61. The molecule has 1 fully saturated rings. The molecule has 0 spiro atoms. The molecule has 0 saturated heterocycles. The zero-order chi connectivity index (χ0) is 17.1. The van der Waals surface area contributed by atoms with Crippen molar-refractivity contribution >= 4 is 17.7 Å². The highest BCUT2D eigenvalue weighted by molar-refractivity contribution is 5.50. The molecule has 0 radical (unpaired) electrons. The van der Waals surface area contributed by atoms with Crippen LogP contribution in [0.2, 0.25) is 0 Å². The van der Waals surface area contributed by atoms with E-state index in [0.29, 0.717) is 5.89 Å². The first-order chi connectivity index (χ1) is 12.2. The van der Waals surface area contributed by atoms with Gasteiger partial charge in [0.1, 0.15) is 11.6 Å². The van der Waals surface area contributed by atoms with Crippen LogP contribution in [0.15, 0.2) is 34.9 Å². The Kier molecular flexibility index (Phi) is 4.09. The second-order valence-electron chi connectivity index (χ2n) is 6.57. The summed E-state index contributed by atoms with van der Waals surface area (Å²) in [4.78, 5) is 4.74. The highest BCUT2D eigenvalue weighted by atomic mass is 16.4. The summed E-state index contributed by atoms with van der Waals surface area (Å²) in [5.41, 5.74) is 6.47. The first kappa shape index (κ1) is 15.6. The van der Waals surface area contributed by atoms with E-state index in [1.807, 2.05) is 24.3 Å². The van der Waals surface area contributed by atoms with Crippen LogP contribution >= 0.6 is 0 Å². The Morgan fingerprint density at radius 2 is 2.04 bits per heavy atom. The first-order valence-corrected chi connectivity index (χ1v) is 8.55. The highest BCUT2D eigenvalue weighted by Crippen LogP contribution is 2.41. The van der Waals surface area contributed by atoms with Gasteiger partial charge in [-0.15, -0.1) is 5.10 Å². The molecule has 0 bridgehead atoms. The van der Waals surface area contributed by atoms with Crippen molar-refractivity contribution in [3.05, 3.63) is 42.0 Å². The fraction of sp³-hybridized carbons (Fsp3) is 0.412. The molecule has 3 aromatic rings. The first-order valence-electron chi connectivity index (χ1n) is 8.55. The summed E-state index contributed by atoms with van der Waals surface area (Å²) in [7, 11) is 0. The van der Waals surface area contributed by atoms with Crippen molar-refractivity contribution < 1.29 is 4.42 Å². The molecule has 0 atom stereocenters. The molecule has 0 amide bonds. The minimum Gasteiger partial charge on any atom is -0.408 e. The quantitative estimate of drug-likeness (QED) is 0.654. The molecule has 0 aliphatic heterocycles. The number of nitrogens with zero attached hydrogens (tertiary/aromatic N) is 4. The van der Waals surface area contributed by atoms with Crippen LogP contribution in [0.4, 0.5) is 17.7 Å². The largest absolute Gasteiger partial charge is 0.408 e. The zero-order valence-electron chi connectivity index (χ0n) is 13.9. The molecule has 1 aliphatic rings. The van der Waals surface area contributed by atoms with Gasteiger partial charge in [-0.05, 0) is 25.0 Å². The Hall–Kier alpha value is -2.90. The Labute approximate surface area is 145 Å². The zero-order valence-corrected chi connectivity index (χ0v) is 13.9. The predicted molar refractivity (Wildman–Crippen MR) is 93.3 cm³/mol. The van der Waals surface area contributed by atoms with Crippen molar-refractivity contribution in [3.8, 4) is 0 Å². The third-order valence-electron chi connectivity index (χ3n) is 4.79. The summed E-state index contributed by atoms with van der Waals surface area (Å²) in [5.74, 6) is 2.22. The summed E-state index contributed by atoms with van der Waals surface area (Å²) in [6.45, 7) is 0. The lowest BCUT2D eigenvalue weighted by Crippen LogP contribution is -2.32. The lowest BCUT2D eigenvalue weighted by atomic mass is 9.71. The Morgan fingerprint density at radius 1 is 1.16 bits per heavy atom. The molecule has 4 rings (SSSR count). The molecular formula is C17H21N7O. The second-order valence-corrected chi connectivity index (χ2v) is 6.57. The van der Waals surface area contributed by atoms with Crippen LogP contribution in [0.5, 0.6) is 0 Å². The van der Waals surface area contributed by atoms with Gasteiger partial charge in [-0.1, -0.05) is 30.4 Å². The van der Waals surface area contributed by atoms with Crippen molar-refractivity contribution in [2.75, 3.05) is 11.1 Å². The van der Waals surface area contributed by atoms with Crippen molar-refractivity contribution in [1.29, 1.82) is 0 Å². The van der Waals surface area contributed by atoms with Crippen LogP contribution in [0, 0.1) is 0 Å². The summed E-state index contributed by atoms with van der Waals surface area (Å²) >= 11 is 0. The van der Waals surface area contributed by atoms with Crippen molar-refractivity contribution in [2.45, 2.75) is 43.9 Å². The minimum atomic E-state index is -0.178. The van der Waals surface area contributed by atoms with E-state index in [2.05, 4.69) is 25.7 Å². The van der Waals surface area contributed by atoms with Crippen molar-refractivity contribution in [2.24, 2.45) is 0 Å². The van der Waals surface area contributed by atoms with E-state index in [1.54, 1.807) is 6.20 Å². The van der Waals surface area contributed by atoms with Gasteiger partial charge < -0.3 is 15.5 Å². The number of nitrogens with one attached hydrogen (secondary N) is 2. The van der Waals surface area contributed by atoms with Gasteiger partial charge in [-0.3, -0.25) is 5.10 Å². The number of nitrogens with two attached hydrogens (primary N) is 1. The number of H-pyrrole nitrogens is 1. The van der Waals surface area contributed by atoms with Crippen LogP contribution in [0.1, 0.15) is 43.7 Å². The van der Waals surface area contributed by atoms with Gasteiger partial charge in [0.15, 0.2) is 0 Å². The number of nitrogen functional groups attached to an aromatic ring is 1. The molecule has 130 valence electrons. The van der Waals surface area contributed by atoms with Crippen LogP contribution in [0.25, 0.3) is 0 Å². The van der Waals surface area contributed by atoms with E-state index in [0.717, 1.165) is 49.4 Å². The number of hydrogen-bond acceptors (Lipinski definition) is 7. The maximum absolute atomic E-state index is 5.66. The SMILES string of the molecule is Nc1nnc(C2(Cc3cccc(Nc4ccn[nH]4)n3)CCCCC2)o1. The molecular weight excluding hydrogens is 318 g/mol. The molecule has 0 unspecified atom stereocenters. The Balaban J connectivity index is 1.60. The minimum absolute atomic E-state index is 0.127. The van der Waals surface area contributed by atoms with Crippen LogP contribution in [0.3, 0.4) is 0 Å². The van der Waals surface area contributed by atoms with Gasteiger partial charge in [0.2, 0.25) is 5.89 Å².